The SMILES string of the molecule is COc1ccc2c(n1)n1cnc(C)c1c(=O)n2CCCN1CCC(c2ccccc2)CC1. The van der Waals surface area contributed by atoms with Crippen LogP contribution < -0.4 is 10.3 Å². The fraction of sp³-hybridized carbons (Fsp3) is 0.400. The van der Waals surface area contributed by atoms with Gasteiger partial charge in [-0.15, -0.1) is 0 Å². The topological polar surface area (TPSA) is 64.7 Å². The summed E-state index contributed by atoms with van der Waals surface area (Å²) in [5.41, 5.74) is 4.26. The van der Waals surface area contributed by atoms with Crippen LogP contribution in [-0.2, 0) is 6.54 Å². The van der Waals surface area contributed by atoms with Gasteiger partial charge in [-0.1, -0.05) is 30.3 Å². The van der Waals surface area contributed by atoms with E-state index in [4.69, 9.17) is 4.74 Å². The van der Waals surface area contributed by atoms with Crippen LogP contribution in [0.5, 0.6) is 5.88 Å². The normalized spacial score (nSPS) is 15.6. The van der Waals surface area contributed by atoms with Crippen molar-refractivity contribution in [2.24, 2.45) is 0 Å². The van der Waals surface area contributed by atoms with E-state index < -0.39 is 0 Å². The first kappa shape index (κ1) is 20.7. The molecule has 1 aliphatic rings. The molecule has 5 rings (SSSR count). The summed E-state index contributed by atoms with van der Waals surface area (Å²) in [5, 5.41) is 0. The number of hydrogen-bond donors (Lipinski definition) is 0. The molecule has 32 heavy (non-hydrogen) atoms. The van der Waals surface area contributed by atoms with E-state index in [0.29, 0.717) is 29.5 Å². The van der Waals surface area contributed by atoms with Crippen molar-refractivity contribution in [3.05, 3.63) is 70.4 Å². The molecule has 0 amide bonds. The van der Waals surface area contributed by atoms with Gasteiger partial charge in [-0.2, -0.15) is 4.98 Å². The predicted octanol–water partition coefficient (Wildman–Crippen LogP) is 3.63. The summed E-state index contributed by atoms with van der Waals surface area (Å²) in [4.78, 5) is 24.8. The smallest absolute Gasteiger partial charge is 0.277 e. The lowest BCUT2D eigenvalue weighted by Crippen LogP contribution is -2.34. The van der Waals surface area contributed by atoms with Crippen LogP contribution in [0, 0.1) is 6.92 Å². The van der Waals surface area contributed by atoms with E-state index in [1.807, 2.05) is 23.6 Å². The van der Waals surface area contributed by atoms with Gasteiger partial charge in [0.05, 0.1) is 18.3 Å². The quantitative estimate of drug-likeness (QED) is 0.466. The number of rotatable bonds is 6. The number of methoxy groups -OCH3 is 1. The number of piperidine rings is 1. The zero-order valence-corrected chi connectivity index (χ0v) is 18.7. The molecule has 4 aromatic rings. The third kappa shape index (κ3) is 3.77. The monoisotopic (exact) mass is 431 g/mol. The third-order valence-corrected chi connectivity index (χ3v) is 6.67. The van der Waals surface area contributed by atoms with E-state index in [-0.39, 0.29) is 5.56 Å². The molecule has 0 atom stereocenters. The fourth-order valence-corrected chi connectivity index (χ4v) is 4.91. The Labute approximate surface area is 187 Å². The molecule has 7 nitrogen and oxygen atoms in total. The Hall–Kier alpha value is -3.19. The van der Waals surface area contributed by atoms with Gasteiger partial charge in [-0.25, -0.2) is 4.98 Å². The summed E-state index contributed by atoms with van der Waals surface area (Å²) < 4.78 is 8.94. The number of aromatic nitrogens is 4. The molecule has 1 saturated heterocycles. The van der Waals surface area contributed by atoms with Gasteiger partial charge in [0.1, 0.15) is 11.8 Å². The maximum Gasteiger partial charge on any atom is 0.277 e. The molecule has 1 fully saturated rings. The minimum atomic E-state index is -0.0118. The van der Waals surface area contributed by atoms with E-state index in [2.05, 4.69) is 45.2 Å². The van der Waals surface area contributed by atoms with Gasteiger partial charge in [0.2, 0.25) is 5.88 Å². The molecule has 1 aliphatic heterocycles. The van der Waals surface area contributed by atoms with Crippen LogP contribution in [0.15, 0.2) is 53.6 Å². The number of ether oxygens (including phenoxy) is 1. The highest BCUT2D eigenvalue weighted by Gasteiger charge is 2.20. The zero-order chi connectivity index (χ0) is 22.1. The second-order valence-corrected chi connectivity index (χ2v) is 8.58. The Morgan fingerprint density at radius 2 is 1.84 bits per heavy atom. The molecular weight excluding hydrogens is 402 g/mol. The van der Waals surface area contributed by atoms with E-state index in [9.17, 15) is 4.79 Å². The summed E-state index contributed by atoms with van der Waals surface area (Å²) in [6.45, 7) is 5.72. The zero-order valence-electron chi connectivity index (χ0n) is 18.7. The number of hydrogen-bond acceptors (Lipinski definition) is 5. The van der Waals surface area contributed by atoms with Crippen molar-refractivity contribution in [2.45, 2.75) is 38.6 Å². The first-order chi connectivity index (χ1) is 15.7. The second-order valence-electron chi connectivity index (χ2n) is 8.58. The van der Waals surface area contributed by atoms with Gasteiger partial charge in [-0.3, -0.25) is 9.20 Å². The predicted molar refractivity (Wildman–Crippen MR) is 126 cm³/mol. The Kier molecular flexibility index (Phi) is 5.66. The molecule has 3 aromatic heterocycles. The highest BCUT2D eigenvalue weighted by atomic mass is 16.5. The van der Waals surface area contributed by atoms with Crippen LogP contribution >= 0.6 is 0 Å². The van der Waals surface area contributed by atoms with Crippen molar-refractivity contribution < 1.29 is 4.74 Å². The molecule has 1 aromatic carbocycles. The largest absolute Gasteiger partial charge is 0.481 e. The van der Waals surface area contributed by atoms with Crippen LogP contribution in [0.1, 0.15) is 36.4 Å². The van der Waals surface area contributed by atoms with E-state index in [0.717, 1.165) is 37.3 Å². The minimum Gasteiger partial charge on any atom is -0.481 e. The lowest BCUT2D eigenvalue weighted by atomic mass is 9.89. The summed E-state index contributed by atoms with van der Waals surface area (Å²) >= 11 is 0. The van der Waals surface area contributed by atoms with Gasteiger partial charge in [-0.05, 0) is 63.4 Å². The van der Waals surface area contributed by atoms with Crippen LogP contribution in [0.3, 0.4) is 0 Å². The summed E-state index contributed by atoms with van der Waals surface area (Å²) in [5.74, 6) is 1.18. The Bertz CT molecular complexity index is 1290. The Balaban J connectivity index is 1.32. The maximum absolute atomic E-state index is 13.3. The Morgan fingerprint density at radius 1 is 1.06 bits per heavy atom. The fourth-order valence-electron chi connectivity index (χ4n) is 4.91. The van der Waals surface area contributed by atoms with Gasteiger partial charge in [0.15, 0.2) is 5.65 Å². The van der Waals surface area contributed by atoms with Crippen molar-refractivity contribution in [3.8, 4) is 5.88 Å². The molecule has 0 spiro atoms. The third-order valence-electron chi connectivity index (χ3n) is 6.67. The molecule has 0 aliphatic carbocycles. The average Bonchev–Trinajstić information content (AvgIpc) is 3.24. The summed E-state index contributed by atoms with van der Waals surface area (Å²) in [7, 11) is 1.60. The van der Waals surface area contributed by atoms with Crippen LogP contribution in [0.25, 0.3) is 16.7 Å². The highest BCUT2D eigenvalue weighted by molar-refractivity contribution is 5.76. The number of fused-ring (bicyclic) bond motifs is 3. The number of imidazole rings is 1. The second kappa shape index (κ2) is 8.74. The number of likely N-dealkylation sites (tertiary alicyclic amines) is 1. The number of pyridine rings is 1. The lowest BCUT2D eigenvalue weighted by molar-refractivity contribution is 0.207. The molecule has 4 heterocycles. The molecule has 166 valence electrons. The number of nitrogens with zero attached hydrogens (tertiary/aromatic N) is 5. The van der Waals surface area contributed by atoms with Gasteiger partial charge in [0, 0.05) is 12.6 Å². The van der Waals surface area contributed by atoms with Crippen LogP contribution in [0.4, 0.5) is 0 Å². The van der Waals surface area contributed by atoms with Crippen LogP contribution in [0.2, 0.25) is 0 Å². The van der Waals surface area contributed by atoms with Gasteiger partial charge < -0.3 is 14.2 Å². The van der Waals surface area contributed by atoms with Crippen molar-refractivity contribution >= 4 is 16.7 Å². The first-order valence-electron chi connectivity index (χ1n) is 11.3. The van der Waals surface area contributed by atoms with E-state index in [1.54, 1.807) is 17.8 Å². The highest BCUT2D eigenvalue weighted by Crippen LogP contribution is 2.27. The van der Waals surface area contributed by atoms with Crippen molar-refractivity contribution in [2.75, 3.05) is 26.7 Å². The first-order valence-corrected chi connectivity index (χ1v) is 11.3. The van der Waals surface area contributed by atoms with Gasteiger partial charge in [0.25, 0.3) is 5.56 Å². The standard InChI is InChI=1S/C25H29N5O2/c1-18-23-25(31)29(21-9-10-22(32-2)27-24(21)30(23)17-26-18)14-6-13-28-15-11-20(12-16-28)19-7-4-3-5-8-19/h3-5,7-10,17,20H,6,11-16H2,1-2H3. The molecule has 0 unspecified atom stereocenters. The van der Waals surface area contributed by atoms with E-state index in [1.165, 1.54) is 18.4 Å². The number of benzene rings is 1. The summed E-state index contributed by atoms with van der Waals surface area (Å²) in [6.07, 6.45) is 4.97. The number of aryl methyl sites for hydroxylation is 2. The van der Waals surface area contributed by atoms with E-state index >= 15 is 0 Å². The molecule has 0 bridgehead atoms. The molecule has 7 heteroatoms. The molecular formula is C25H29N5O2. The maximum atomic E-state index is 13.3. The molecule has 0 radical (unpaired) electrons. The minimum absolute atomic E-state index is 0.0118. The lowest BCUT2D eigenvalue weighted by Gasteiger charge is -2.32. The average molecular weight is 432 g/mol. The van der Waals surface area contributed by atoms with Crippen LogP contribution in [-0.4, -0.2) is 50.6 Å². The van der Waals surface area contributed by atoms with Crippen molar-refractivity contribution in [3.63, 3.8) is 0 Å². The molecule has 0 saturated carbocycles. The van der Waals surface area contributed by atoms with Crippen molar-refractivity contribution in [1.82, 2.24) is 23.8 Å². The Morgan fingerprint density at radius 3 is 2.59 bits per heavy atom. The summed E-state index contributed by atoms with van der Waals surface area (Å²) in [6, 6.07) is 14.6. The molecule has 0 N–H and O–H groups in total. The van der Waals surface area contributed by atoms with Gasteiger partial charge >= 0.3 is 0 Å². The van der Waals surface area contributed by atoms with Crippen molar-refractivity contribution in [1.29, 1.82) is 0 Å².